The van der Waals surface area contributed by atoms with Gasteiger partial charge in [-0.2, -0.15) is 0 Å². The van der Waals surface area contributed by atoms with E-state index >= 15 is 4.39 Å². The highest BCUT2D eigenvalue weighted by Crippen LogP contribution is 2.71. The van der Waals surface area contributed by atoms with Crippen LogP contribution in [0.4, 0.5) is 4.39 Å². The summed E-state index contributed by atoms with van der Waals surface area (Å²) < 4.78 is 28.3. The van der Waals surface area contributed by atoms with Gasteiger partial charge in [0, 0.05) is 45.9 Å². The number of carbonyl (C=O) groups excluding carboxylic acids is 5. The molecular weight excluding hydrogens is 594 g/mol. The summed E-state index contributed by atoms with van der Waals surface area (Å²) >= 11 is 2.17. The topological polar surface area (TPSA) is 104 Å². The second-order valence-corrected chi connectivity index (χ2v) is 12.9. The first-order valence-electron chi connectivity index (χ1n) is 12.9. The average Bonchev–Trinajstić information content (AvgIpc) is 3.05. The average molecular weight is 628 g/mol. The van der Waals surface area contributed by atoms with Crippen molar-refractivity contribution in [2.24, 2.45) is 28.6 Å². The van der Waals surface area contributed by atoms with E-state index < -0.39 is 70.0 Å². The molecule has 37 heavy (non-hydrogen) atoms. The molecule has 0 aromatic carbocycles. The highest BCUT2D eigenvalue weighted by Gasteiger charge is 2.78. The van der Waals surface area contributed by atoms with Gasteiger partial charge < -0.3 is 9.47 Å². The van der Waals surface area contributed by atoms with Crippen LogP contribution in [0.5, 0.6) is 0 Å². The van der Waals surface area contributed by atoms with E-state index in [2.05, 4.69) is 22.6 Å². The van der Waals surface area contributed by atoms with Crippen LogP contribution in [0.1, 0.15) is 66.7 Å². The zero-order valence-corrected chi connectivity index (χ0v) is 24.1. The zero-order chi connectivity index (χ0) is 27.6. The number of hydrogen-bond acceptors (Lipinski definition) is 7. The van der Waals surface area contributed by atoms with Gasteiger partial charge in [0.05, 0.1) is 0 Å². The molecule has 3 saturated carbocycles. The van der Waals surface area contributed by atoms with Crippen LogP contribution in [0, 0.1) is 28.6 Å². The minimum absolute atomic E-state index is 0.0155. The number of fused-ring (bicyclic) bond motifs is 5. The maximum Gasteiger partial charge on any atom is 0.306 e. The lowest BCUT2D eigenvalue weighted by Gasteiger charge is -2.61. The molecular formula is C28H34FIO7. The van der Waals surface area contributed by atoms with Crippen LogP contribution in [-0.4, -0.2) is 51.1 Å². The van der Waals surface area contributed by atoms with E-state index in [9.17, 15) is 24.0 Å². The maximum atomic E-state index is 17.5. The molecule has 4 aliphatic rings. The lowest BCUT2D eigenvalue weighted by molar-refractivity contribution is -0.203. The molecule has 0 aromatic heterocycles. The van der Waals surface area contributed by atoms with E-state index in [0.717, 1.165) is 0 Å². The number of ether oxygens (including phenoxy) is 2. The summed E-state index contributed by atoms with van der Waals surface area (Å²) in [6.45, 7) is 7.85. The van der Waals surface area contributed by atoms with Gasteiger partial charge in [-0.3, -0.25) is 24.0 Å². The monoisotopic (exact) mass is 628 g/mol. The van der Waals surface area contributed by atoms with Crippen molar-refractivity contribution in [3.63, 3.8) is 0 Å². The van der Waals surface area contributed by atoms with Crippen molar-refractivity contribution in [1.82, 2.24) is 0 Å². The predicted octanol–water partition coefficient (Wildman–Crippen LogP) is 4.44. The second-order valence-electron chi connectivity index (χ2n) is 11.3. The summed E-state index contributed by atoms with van der Waals surface area (Å²) in [7, 11) is 0. The molecule has 0 heterocycles. The Morgan fingerprint density at radius 1 is 1.14 bits per heavy atom. The summed E-state index contributed by atoms with van der Waals surface area (Å²) in [5.74, 6) is -4.39. The molecule has 0 aliphatic heterocycles. The third-order valence-electron chi connectivity index (χ3n) is 9.55. The van der Waals surface area contributed by atoms with Crippen LogP contribution >= 0.6 is 22.6 Å². The lowest BCUT2D eigenvalue weighted by Crippen LogP contribution is -2.70. The van der Waals surface area contributed by atoms with Crippen LogP contribution in [-0.2, 0) is 33.4 Å². The van der Waals surface area contributed by atoms with Gasteiger partial charge in [-0.15, -0.1) is 0 Å². The molecule has 0 radical (unpaired) electrons. The van der Waals surface area contributed by atoms with Crippen LogP contribution in [0.25, 0.3) is 0 Å². The van der Waals surface area contributed by atoms with E-state index in [1.165, 1.54) is 18.2 Å². The number of hydrogen-bond donors (Lipinski definition) is 0. The Balaban J connectivity index is 1.85. The molecule has 0 saturated heterocycles. The predicted molar refractivity (Wildman–Crippen MR) is 140 cm³/mol. The van der Waals surface area contributed by atoms with Gasteiger partial charge in [0.25, 0.3) is 0 Å². The number of esters is 2. The van der Waals surface area contributed by atoms with Crippen LogP contribution in [0.15, 0.2) is 23.8 Å². The van der Waals surface area contributed by atoms with E-state index in [-0.39, 0.29) is 29.0 Å². The number of allylic oxidation sites excluding steroid dienone is 4. The van der Waals surface area contributed by atoms with Crippen molar-refractivity contribution >= 4 is 51.9 Å². The Morgan fingerprint density at radius 3 is 2.41 bits per heavy atom. The Morgan fingerprint density at radius 2 is 1.78 bits per heavy atom. The molecule has 9 heteroatoms. The quantitative estimate of drug-likeness (QED) is 0.244. The van der Waals surface area contributed by atoms with Gasteiger partial charge in [0.15, 0.2) is 29.4 Å². The van der Waals surface area contributed by atoms with Gasteiger partial charge in [-0.25, -0.2) is 4.39 Å². The highest BCUT2D eigenvalue weighted by atomic mass is 127. The van der Waals surface area contributed by atoms with Crippen molar-refractivity contribution in [3.05, 3.63) is 23.8 Å². The number of Topliss-reactive ketones (excluding diaryl/α,β-unsaturated/α-hetero) is 2. The normalized spacial score (nSPS) is 42.3. The zero-order valence-electron chi connectivity index (χ0n) is 21.9. The first-order valence-corrected chi connectivity index (χ1v) is 14.2. The molecule has 0 spiro atoms. The molecule has 202 valence electrons. The standard InChI is InChI=1S/C28H34FIO7/c1-6-22(34)36-14-21(33)28(37-23(35)7-2)15(3)10-18-24-19(30)12-16-11-17(31)8-9-25(16,4)27(24,29)20(32)13-26(18,28)5/h8-9,11,15,18-19,24H,6-7,10,12-14H2,1-5H3/t15-,18-,19+,24+,25-,26-,27+,28+/m0/s1. The molecule has 7 nitrogen and oxygen atoms in total. The van der Waals surface area contributed by atoms with E-state index in [1.54, 1.807) is 34.6 Å². The molecule has 4 rings (SSSR count). The fourth-order valence-electron chi connectivity index (χ4n) is 7.68. The highest BCUT2D eigenvalue weighted by molar-refractivity contribution is 14.1. The first kappa shape index (κ1) is 28.1. The molecule has 0 unspecified atom stereocenters. The fraction of sp³-hybridized carbons (Fsp3) is 0.679. The lowest BCUT2D eigenvalue weighted by atomic mass is 9.45. The summed E-state index contributed by atoms with van der Waals surface area (Å²) in [6.07, 6.45) is 4.88. The van der Waals surface area contributed by atoms with Crippen LogP contribution in [0.3, 0.4) is 0 Å². The van der Waals surface area contributed by atoms with Crippen LogP contribution < -0.4 is 0 Å². The van der Waals surface area contributed by atoms with Gasteiger partial charge in [0.2, 0.25) is 5.78 Å². The first-order chi connectivity index (χ1) is 17.2. The van der Waals surface area contributed by atoms with Crippen LogP contribution in [0.2, 0.25) is 0 Å². The Labute approximate surface area is 230 Å². The number of rotatable bonds is 6. The Bertz CT molecular complexity index is 1130. The molecule has 8 atom stereocenters. The van der Waals surface area contributed by atoms with E-state index in [0.29, 0.717) is 18.4 Å². The third kappa shape index (κ3) is 3.72. The van der Waals surface area contributed by atoms with Gasteiger partial charge in [-0.1, -0.05) is 61.9 Å². The Hall–Kier alpha value is -1.91. The molecule has 0 N–H and O–H groups in total. The summed E-state index contributed by atoms with van der Waals surface area (Å²) in [5.41, 5.74) is -5.89. The van der Waals surface area contributed by atoms with Crippen molar-refractivity contribution < 1.29 is 37.8 Å². The van der Waals surface area contributed by atoms with E-state index in [4.69, 9.17) is 9.47 Å². The van der Waals surface area contributed by atoms with Crippen molar-refractivity contribution in [3.8, 4) is 0 Å². The number of ketones is 3. The number of carbonyl (C=O) groups is 5. The summed E-state index contributed by atoms with van der Waals surface area (Å²) in [6, 6.07) is 0. The number of alkyl halides is 2. The van der Waals surface area contributed by atoms with Gasteiger partial charge in [0.1, 0.15) is 0 Å². The van der Waals surface area contributed by atoms with Crippen molar-refractivity contribution in [2.45, 2.75) is 81.9 Å². The third-order valence-corrected chi connectivity index (χ3v) is 10.8. The molecule has 0 amide bonds. The van der Waals surface area contributed by atoms with Gasteiger partial charge in [-0.05, 0) is 37.8 Å². The molecule has 0 aromatic rings. The van der Waals surface area contributed by atoms with E-state index in [1.807, 2.05) is 0 Å². The van der Waals surface area contributed by atoms with Crippen molar-refractivity contribution in [2.75, 3.05) is 6.61 Å². The summed E-state index contributed by atoms with van der Waals surface area (Å²) in [5, 5.41) is 0. The smallest absolute Gasteiger partial charge is 0.306 e. The minimum atomic E-state index is -2.29. The molecule has 4 aliphatic carbocycles. The fourth-order valence-corrected chi connectivity index (χ4v) is 9.15. The maximum absolute atomic E-state index is 17.5. The summed E-state index contributed by atoms with van der Waals surface area (Å²) in [4.78, 5) is 64.5. The van der Waals surface area contributed by atoms with Gasteiger partial charge >= 0.3 is 11.9 Å². The SMILES string of the molecule is CCC(=O)OCC(=O)[C@]1(OC(=O)CC)[C@@H](C)C[C@H]2[C@@H]3[C@H](I)CC4=CC(=O)C=C[C@]4(C)[C@@]3(F)C(=O)C[C@@]21C. The largest absolute Gasteiger partial charge is 0.457 e. The number of halogens is 2. The molecule has 0 bridgehead atoms. The minimum Gasteiger partial charge on any atom is -0.457 e. The Kier molecular flexibility index (Phi) is 7.12. The second kappa shape index (κ2) is 9.38. The molecule has 3 fully saturated rings. The van der Waals surface area contributed by atoms with Crippen molar-refractivity contribution in [1.29, 1.82) is 0 Å².